The molecular weight excluding hydrogens is 194 g/mol. The number of benzene rings is 1. The van der Waals surface area contributed by atoms with Gasteiger partial charge in [-0.15, -0.1) is 0 Å². The van der Waals surface area contributed by atoms with E-state index in [0.29, 0.717) is 0 Å². The fourth-order valence-corrected chi connectivity index (χ4v) is 1.64. The lowest BCUT2D eigenvalue weighted by molar-refractivity contribution is 0.465. The highest BCUT2D eigenvalue weighted by atomic mass is 35.5. The van der Waals surface area contributed by atoms with Crippen molar-refractivity contribution in [3.63, 3.8) is 0 Å². The minimum atomic E-state index is -0.852. The van der Waals surface area contributed by atoms with Crippen molar-refractivity contribution in [1.29, 1.82) is 0 Å². The summed E-state index contributed by atoms with van der Waals surface area (Å²) in [6, 6.07) is 2.41. The molecule has 0 radical (unpaired) electrons. The molecule has 0 nitrogen and oxygen atoms in total. The summed E-state index contributed by atoms with van der Waals surface area (Å²) < 4.78 is 26.2. The average Bonchev–Trinajstić information content (AvgIpc) is 1.95. The molecule has 0 aliphatic rings. The second-order valence-corrected chi connectivity index (χ2v) is 4.38. The summed E-state index contributed by atoms with van der Waals surface area (Å²) in [7, 11) is 0. The molecule has 0 unspecified atom stereocenters. The van der Waals surface area contributed by atoms with Gasteiger partial charge >= 0.3 is 0 Å². The van der Waals surface area contributed by atoms with Crippen molar-refractivity contribution in [2.24, 2.45) is 0 Å². The van der Waals surface area contributed by atoms with Gasteiger partial charge in [0.25, 0.3) is 0 Å². The van der Waals surface area contributed by atoms with Crippen LogP contribution in [0.2, 0.25) is 5.02 Å². The fourth-order valence-electron chi connectivity index (χ4n) is 1.21. The first-order valence-electron chi connectivity index (χ1n) is 3.98. The Morgan fingerprint density at radius 2 is 1.69 bits per heavy atom. The molecule has 0 aromatic heterocycles. The minimum Gasteiger partial charge on any atom is -0.204 e. The topological polar surface area (TPSA) is 0 Å². The van der Waals surface area contributed by atoms with Crippen LogP contribution in [0.4, 0.5) is 8.78 Å². The van der Waals surface area contributed by atoms with Crippen molar-refractivity contribution in [2.75, 3.05) is 0 Å². The standard InChI is InChI=1S/C10H11ClF2/c1-10(2,3)8-6(11)4-5-7(12)9(8)13/h4-5H,1-3H3. The molecule has 1 rings (SSSR count). The predicted molar refractivity (Wildman–Crippen MR) is 50.1 cm³/mol. The Balaban J connectivity index is 3.43. The predicted octanol–water partition coefficient (Wildman–Crippen LogP) is 3.92. The molecule has 1 aromatic rings. The maximum absolute atomic E-state index is 13.3. The first kappa shape index (κ1) is 10.5. The van der Waals surface area contributed by atoms with E-state index in [1.165, 1.54) is 6.07 Å². The van der Waals surface area contributed by atoms with Crippen molar-refractivity contribution in [3.05, 3.63) is 34.4 Å². The molecule has 13 heavy (non-hydrogen) atoms. The SMILES string of the molecule is CC(C)(C)c1c(Cl)ccc(F)c1F. The lowest BCUT2D eigenvalue weighted by atomic mass is 9.86. The van der Waals surface area contributed by atoms with E-state index in [-0.39, 0.29) is 10.6 Å². The Bertz CT molecular complexity index is 326. The van der Waals surface area contributed by atoms with Crippen molar-refractivity contribution < 1.29 is 8.78 Å². The summed E-state index contributed by atoms with van der Waals surface area (Å²) >= 11 is 5.78. The number of halogens is 3. The van der Waals surface area contributed by atoms with Crippen LogP contribution >= 0.6 is 11.6 Å². The van der Waals surface area contributed by atoms with Gasteiger partial charge in [-0.25, -0.2) is 8.78 Å². The van der Waals surface area contributed by atoms with Crippen molar-refractivity contribution in [1.82, 2.24) is 0 Å². The zero-order valence-corrected chi connectivity index (χ0v) is 8.54. The van der Waals surface area contributed by atoms with Crippen LogP contribution in [-0.4, -0.2) is 0 Å². The van der Waals surface area contributed by atoms with E-state index >= 15 is 0 Å². The van der Waals surface area contributed by atoms with E-state index in [1.54, 1.807) is 20.8 Å². The largest absolute Gasteiger partial charge is 0.204 e. The molecular formula is C10H11ClF2. The molecule has 0 N–H and O–H groups in total. The quantitative estimate of drug-likeness (QED) is 0.562. The van der Waals surface area contributed by atoms with Crippen LogP contribution in [-0.2, 0) is 5.41 Å². The lowest BCUT2D eigenvalue weighted by Crippen LogP contribution is -2.15. The van der Waals surface area contributed by atoms with Crippen molar-refractivity contribution in [2.45, 2.75) is 26.2 Å². The molecule has 3 heteroatoms. The summed E-state index contributed by atoms with van der Waals surface area (Å²) in [5.41, 5.74) is -0.252. The maximum Gasteiger partial charge on any atom is 0.164 e. The molecule has 0 saturated carbocycles. The summed E-state index contributed by atoms with van der Waals surface area (Å²) in [5, 5.41) is 0.270. The second-order valence-electron chi connectivity index (χ2n) is 3.97. The Morgan fingerprint density at radius 3 is 2.08 bits per heavy atom. The van der Waals surface area contributed by atoms with Gasteiger partial charge in [0.1, 0.15) is 0 Å². The van der Waals surface area contributed by atoms with Crippen molar-refractivity contribution in [3.8, 4) is 0 Å². The molecule has 1 aromatic carbocycles. The van der Waals surface area contributed by atoms with Gasteiger partial charge in [0.2, 0.25) is 0 Å². The smallest absolute Gasteiger partial charge is 0.164 e. The summed E-state index contributed by atoms with van der Waals surface area (Å²) in [6.07, 6.45) is 0. The molecule has 0 aliphatic carbocycles. The summed E-state index contributed by atoms with van der Waals surface area (Å²) in [6.45, 7) is 5.37. The zero-order valence-electron chi connectivity index (χ0n) is 7.79. The van der Waals surface area contributed by atoms with E-state index in [9.17, 15) is 8.78 Å². The minimum absolute atomic E-state index is 0.231. The van der Waals surface area contributed by atoms with Crippen LogP contribution < -0.4 is 0 Å². The van der Waals surface area contributed by atoms with Crippen LogP contribution in [0.3, 0.4) is 0 Å². The highest BCUT2D eigenvalue weighted by molar-refractivity contribution is 6.31. The van der Waals surface area contributed by atoms with E-state index in [4.69, 9.17) is 11.6 Å². The van der Waals surface area contributed by atoms with Crippen LogP contribution in [0, 0.1) is 11.6 Å². The van der Waals surface area contributed by atoms with E-state index in [0.717, 1.165) is 6.07 Å². The Morgan fingerprint density at radius 1 is 1.15 bits per heavy atom. The average molecular weight is 205 g/mol. The van der Waals surface area contributed by atoms with Crippen LogP contribution in [0.25, 0.3) is 0 Å². The van der Waals surface area contributed by atoms with Crippen LogP contribution in [0.15, 0.2) is 12.1 Å². The highest BCUT2D eigenvalue weighted by Gasteiger charge is 2.23. The van der Waals surface area contributed by atoms with Crippen LogP contribution in [0.1, 0.15) is 26.3 Å². The van der Waals surface area contributed by atoms with Crippen LogP contribution in [0.5, 0.6) is 0 Å². The lowest BCUT2D eigenvalue weighted by Gasteiger charge is -2.21. The monoisotopic (exact) mass is 204 g/mol. The number of hydrogen-bond acceptors (Lipinski definition) is 0. The molecule has 0 heterocycles. The van der Waals surface area contributed by atoms with Gasteiger partial charge in [-0.05, 0) is 17.5 Å². The summed E-state index contributed by atoms with van der Waals surface area (Å²) in [4.78, 5) is 0. The molecule has 0 bridgehead atoms. The molecule has 0 saturated heterocycles. The summed E-state index contributed by atoms with van der Waals surface area (Å²) in [5.74, 6) is -1.70. The highest BCUT2D eigenvalue weighted by Crippen LogP contribution is 2.32. The van der Waals surface area contributed by atoms with E-state index in [2.05, 4.69) is 0 Å². The van der Waals surface area contributed by atoms with Crippen molar-refractivity contribution >= 4 is 11.6 Å². The first-order valence-corrected chi connectivity index (χ1v) is 4.36. The molecule has 0 aliphatic heterocycles. The fraction of sp³-hybridized carbons (Fsp3) is 0.400. The second kappa shape index (κ2) is 3.26. The molecule has 0 fully saturated rings. The molecule has 0 amide bonds. The maximum atomic E-state index is 13.3. The number of hydrogen-bond donors (Lipinski definition) is 0. The van der Waals surface area contributed by atoms with E-state index < -0.39 is 17.0 Å². The van der Waals surface area contributed by atoms with Gasteiger partial charge in [-0.1, -0.05) is 32.4 Å². The van der Waals surface area contributed by atoms with Gasteiger partial charge < -0.3 is 0 Å². The third-order valence-corrected chi connectivity index (χ3v) is 2.11. The molecule has 0 spiro atoms. The Kier molecular flexibility index (Phi) is 2.62. The van der Waals surface area contributed by atoms with E-state index in [1.807, 2.05) is 0 Å². The van der Waals surface area contributed by atoms with Gasteiger partial charge in [0, 0.05) is 10.6 Å². The molecule has 0 atom stereocenters. The zero-order chi connectivity index (χ0) is 10.2. The van der Waals surface area contributed by atoms with Gasteiger partial charge in [-0.2, -0.15) is 0 Å². The van der Waals surface area contributed by atoms with Gasteiger partial charge in [0.15, 0.2) is 11.6 Å². The number of rotatable bonds is 0. The van der Waals surface area contributed by atoms with Gasteiger partial charge in [-0.3, -0.25) is 0 Å². The molecule has 72 valence electrons. The Labute approximate surface area is 81.5 Å². The Hall–Kier alpha value is -0.630. The normalized spacial score (nSPS) is 11.8. The third kappa shape index (κ3) is 1.99. The van der Waals surface area contributed by atoms with Gasteiger partial charge in [0.05, 0.1) is 0 Å². The first-order chi connectivity index (χ1) is 5.84. The third-order valence-electron chi connectivity index (χ3n) is 1.79.